The Morgan fingerprint density at radius 1 is 1.21 bits per heavy atom. The van der Waals surface area contributed by atoms with Crippen molar-refractivity contribution in [1.29, 1.82) is 0 Å². The van der Waals surface area contributed by atoms with E-state index in [4.69, 9.17) is 0 Å². The lowest BCUT2D eigenvalue weighted by Crippen LogP contribution is -2.38. The lowest BCUT2D eigenvalue weighted by atomic mass is 9.74. The van der Waals surface area contributed by atoms with E-state index in [9.17, 15) is 5.11 Å². The van der Waals surface area contributed by atoms with Crippen LogP contribution in [0.3, 0.4) is 0 Å². The highest BCUT2D eigenvalue weighted by atomic mass is 79.9. The molecule has 1 aliphatic carbocycles. The van der Waals surface area contributed by atoms with Crippen LogP contribution in [-0.2, 0) is 6.42 Å². The molecular weight excluding hydrogens is 362 g/mol. The van der Waals surface area contributed by atoms with Gasteiger partial charge in [-0.1, -0.05) is 39.7 Å². The fraction of sp³-hybridized carbons (Fsp3) is 0.524. The smallest absolute Gasteiger partial charge is 0.118 e. The molecule has 1 N–H and O–H groups in total. The molecular formula is C21H30BrNO. The lowest BCUT2D eigenvalue weighted by molar-refractivity contribution is 0.214. The van der Waals surface area contributed by atoms with E-state index in [-0.39, 0.29) is 0 Å². The summed E-state index contributed by atoms with van der Waals surface area (Å²) in [4.78, 5) is 2.52. The number of phenolic OH excluding ortho intramolecular Hbond substituents is 1. The van der Waals surface area contributed by atoms with Crippen molar-refractivity contribution in [3.05, 3.63) is 52.1 Å². The van der Waals surface area contributed by atoms with Gasteiger partial charge >= 0.3 is 0 Å². The van der Waals surface area contributed by atoms with Crippen LogP contribution in [-0.4, -0.2) is 35.5 Å². The first-order chi connectivity index (χ1) is 11.5. The molecule has 2 atom stereocenters. The number of aryl methyl sites for hydroxylation is 1. The van der Waals surface area contributed by atoms with Gasteiger partial charge in [0, 0.05) is 18.5 Å². The Balaban J connectivity index is 0.00000100. The standard InChI is InChI=1S/C20H27NO.CH3Br/c1-5-6-16-13(2)7-8-18-20(16)17-12-19(22)14(3)11-15(17)9-10-21(18)4;1-2/h5-6,11-12,18,20,22H,7-10H2,1-4H3;1H3/b6-5-;. The van der Waals surface area contributed by atoms with Gasteiger partial charge in [0.1, 0.15) is 5.75 Å². The first kappa shape index (κ1) is 19.3. The molecule has 1 aliphatic heterocycles. The van der Waals surface area contributed by atoms with Crippen LogP contribution >= 0.6 is 15.9 Å². The Morgan fingerprint density at radius 2 is 1.92 bits per heavy atom. The predicted molar refractivity (Wildman–Crippen MR) is 107 cm³/mol. The molecule has 3 heteroatoms. The van der Waals surface area contributed by atoms with Crippen LogP contribution in [0.5, 0.6) is 5.75 Å². The quantitative estimate of drug-likeness (QED) is 0.653. The topological polar surface area (TPSA) is 23.5 Å². The van der Waals surface area contributed by atoms with Gasteiger partial charge in [-0.3, -0.25) is 0 Å². The molecule has 3 rings (SSSR count). The van der Waals surface area contributed by atoms with Crippen molar-refractivity contribution in [2.24, 2.45) is 0 Å². The van der Waals surface area contributed by atoms with Gasteiger partial charge < -0.3 is 10.0 Å². The minimum Gasteiger partial charge on any atom is -0.508 e. The summed E-state index contributed by atoms with van der Waals surface area (Å²) in [6.45, 7) is 7.46. The van der Waals surface area contributed by atoms with E-state index in [0.29, 0.717) is 17.7 Å². The van der Waals surface area contributed by atoms with Crippen LogP contribution in [0.15, 0.2) is 35.4 Å². The summed E-state index contributed by atoms with van der Waals surface area (Å²) >= 11 is 2.94. The minimum atomic E-state index is 0.388. The zero-order valence-electron chi connectivity index (χ0n) is 15.6. The van der Waals surface area contributed by atoms with Crippen LogP contribution in [0.1, 0.15) is 49.3 Å². The Bertz CT molecular complexity index is 647. The van der Waals surface area contributed by atoms with Gasteiger partial charge in [0.15, 0.2) is 0 Å². The zero-order valence-corrected chi connectivity index (χ0v) is 17.2. The molecule has 0 radical (unpaired) electrons. The maximum absolute atomic E-state index is 10.3. The number of fused-ring (bicyclic) bond motifs is 3. The minimum absolute atomic E-state index is 0.388. The van der Waals surface area contributed by atoms with E-state index >= 15 is 0 Å². The second kappa shape index (κ2) is 8.35. The molecule has 0 saturated heterocycles. The largest absolute Gasteiger partial charge is 0.508 e. The number of likely N-dealkylation sites (N-methyl/N-ethyl adjacent to an activating group) is 1. The molecule has 132 valence electrons. The SMILES string of the molecule is C/C=C\C1=C(C)CCC2C1c1cc(O)c(C)cc1CCN2C.CBr. The molecule has 2 nitrogen and oxygen atoms in total. The summed E-state index contributed by atoms with van der Waals surface area (Å²) in [6.07, 6.45) is 7.90. The highest BCUT2D eigenvalue weighted by Gasteiger charge is 2.36. The van der Waals surface area contributed by atoms with Crippen molar-refractivity contribution in [3.63, 3.8) is 0 Å². The molecule has 0 bridgehead atoms. The van der Waals surface area contributed by atoms with Crippen LogP contribution < -0.4 is 0 Å². The van der Waals surface area contributed by atoms with Gasteiger partial charge in [-0.25, -0.2) is 0 Å². The fourth-order valence-electron chi connectivity index (χ4n) is 4.16. The molecule has 2 aliphatic rings. The Morgan fingerprint density at radius 3 is 2.58 bits per heavy atom. The van der Waals surface area contributed by atoms with E-state index in [2.05, 4.69) is 59.9 Å². The number of aromatic hydroxyl groups is 1. The molecule has 0 spiro atoms. The van der Waals surface area contributed by atoms with Gasteiger partial charge in [0.05, 0.1) is 0 Å². The van der Waals surface area contributed by atoms with Crippen LogP contribution in [0.2, 0.25) is 0 Å². The maximum Gasteiger partial charge on any atom is 0.118 e. The number of phenols is 1. The average molecular weight is 392 g/mol. The zero-order chi connectivity index (χ0) is 17.9. The number of hydrogen-bond acceptors (Lipinski definition) is 2. The lowest BCUT2D eigenvalue weighted by Gasteiger charge is -2.38. The highest BCUT2D eigenvalue weighted by molar-refractivity contribution is 9.08. The normalized spacial score (nSPS) is 24.1. The highest BCUT2D eigenvalue weighted by Crippen LogP contribution is 2.44. The summed E-state index contributed by atoms with van der Waals surface area (Å²) in [5.41, 5.74) is 6.69. The second-order valence-electron chi connectivity index (χ2n) is 6.89. The average Bonchev–Trinajstić information content (AvgIpc) is 2.71. The molecule has 0 amide bonds. The number of allylic oxidation sites excluding steroid dienone is 3. The van der Waals surface area contributed by atoms with Gasteiger partial charge in [-0.15, -0.1) is 0 Å². The van der Waals surface area contributed by atoms with Crippen molar-refractivity contribution in [2.45, 2.75) is 52.0 Å². The molecule has 1 aromatic rings. The number of hydrogen-bond donors (Lipinski definition) is 1. The molecule has 2 unspecified atom stereocenters. The summed E-state index contributed by atoms with van der Waals surface area (Å²) in [5.74, 6) is 2.64. The first-order valence-corrected chi connectivity index (χ1v) is 10.3. The van der Waals surface area contributed by atoms with Crippen molar-refractivity contribution in [1.82, 2.24) is 4.90 Å². The number of alkyl halides is 1. The molecule has 1 heterocycles. The number of benzene rings is 1. The summed E-state index contributed by atoms with van der Waals surface area (Å²) in [5, 5.41) is 10.3. The molecule has 24 heavy (non-hydrogen) atoms. The number of nitrogens with zero attached hydrogens (tertiary/aromatic N) is 1. The maximum atomic E-state index is 10.3. The van der Waals surface area contributed by atoms with Crippen molar-refractivity contribution < 1.29 is 5.11 Å². The van der Waals surface area contributed by atoms with E-state index in [1.54, 1.807) is 0 Å². The first-order valence-electron chi connectivity index (χ1n) is 8.75. The molecule has 1 aromatic carbocycles. The predicted octanol–water partition coefficient (Wildman–Crippen LogP) is 5.34. The van der Waals surface area contributed by atoms with E-state index < -0.39 is 0 Å². The van der Waals surface area contributed by atoms with E-state index in [1.807, 2.05) is 18.8 Å². The third-order valence-electron chi connectivity index (χ3n) is 5.47. The molecule has 0 fully saturated rings. The monoisotopic (exact) mass is 391 g/mol. The third kappa shape index (κ3) is 3.62. The number of rotatable bonds is 1. The van der Waals surface area contributed by atoms with Gasteiger partial charge in [0.25, 0.3) is 0 Å². The Labute approximate surface area is 155 Å². The van der Waals surface area contributed by atoms with Crippen molar-refractivity contribution in [3.8, 4) is 5.75 Å². The summed E-state index contributed by atoms with van der Waals surface area (Å²) < 4.78 is 0. The van der Waals surface area contributed by atoms with E-state index in [0.717, 1.165) is 18.5 Å². The van der Waals surface area contributed by atoms with Crippen molar-refractivity contribution >= 4 is 15.9 Å². The molecule has 0 aromatic heterocycles. The Hall–Kier alpha value is -1.06. The number of halogens is 1. The van der Waals surface area contributed by atoms with Gasteiger partial charge in [0.2, 0.25) is 0 Å². The van der Waals surface area contributed by atoms with Gasteiger partial charge in [-0.05, 0) is 81.2 Å². The Kier molecular flexibility index (Phi) is 6.70. The summed E-state index contributed by atoms with van der Waals surface area (Å²) in [7, 11) is 2.25. The van der Waals surface area contributed by atoms with Crippen LogP contribution in [0, 0.1) is 6.92 Å². The van der Waals surface area contributed by atoms with Crippen LogP contribution in [0.4, 0.5) is 0 Å². The second-order valence-corrected chi connectivity index (χ2v) is 6.89. The van der Waals surface area contributed by atoms with Gasteiger partial charge in [-0.2, -0.15) is 0 Å². The van der Waals surface area contributed by atoms with Crippen LogP contribution in [0.25, 0.3) is 0 Å². The summed E-state index contributed by atoms with van der Waals surface area (Å²) in [6, 6.07) is 4.76. The third-order valence-corrected chi connectivity index (χ3v) is 5.47. The fourth-order valence-corrected chi connectivity index (χ4v) is 4.16. The molecule has 0 saturated carbocycles. The van der Waals surface area contributed by atoms with Crippen molar-refractivity contribution in [2.75, 3.05) is 19.4 Å². The van der Waals surface area contributed by atoms with E-state index in [1.165, 1.54) is 35.1 Å².